The van der Waals surface area contributed by atoms with Crippen molar-refractivity contribution in [3.8, 4) is 9.75 Å². The Hall–Kier alpha value is -0.470. The molecule has 2 aromatic rings. The van der Waals surface area contributed by atoms with Crippen LogP contribution in [0.4, 0.5) is 0 Å². The van der Waals surface area contributed by atoms with E-state index in [4.69, 9.17) is 0 Å². The van der Waals surface area contributed by atoms with Crippen LogP contribution in [-0.2, 0) is 0 Å². The average molecular weight is 190 g/mol. The van der Waals surface area contributed by atoms with Crippen molar-refractivity contribution < 1.29 is 0 Å². The summed E-state index contributed by atoms with van der Waals surface area (Å²) in [5, 5.41) is 0. The predicted octanol–water partition coefficient (Wildman–Crippen LogP) is -0.00660. The summed E-state index contributed by atoms with van der Waals surface area (Å²) in [4.78, 5) is 2.79. The molecule has 2 aromatic heterocycles. The summed E-state index contributed by atoms with van der Waals surface area (Å²) in [5.74, 6) is 0. The van der Waals surface area contributed by atoms with Crippen molar-refractivity contribution in [3.05, 3.63) is 24.3 Å². The Balaban J connectivity index is 2.43. The van der Waals surface area contributed by atoms with Crippen LogP contribution >= 0.6 is 22.7 Å². The Morgan fingerprint density at radius 1 is 0.750 bits per heavy atom. The lowest BCUT2D eigenvalue weighted by Crippen LogP contribution is -1.89. The van der Waals surface area contributed by atoms with Crippen LogP contribution in [0.5, 0.6) is 0 Å². The fourth-order valence-electron chi connectivity index (χ4n) is 1.13. The van der Waals surface area contributed by atoms with Crippen molar-refractivity contribution in [1.82, 2.24) is 0 Å². The molecule has 0 aliphatic heterocycles. The van der Waals surface area contributed by atoms with Crippen molar-refractivity contribution in [2.75, 3.05) is 0 Å². The molecule has 2 rings (SSSR count). The maximum absolute atomic E-state index is 2.20. The zero-order valence-electron chi connectivity index (χ0n) is 7.13. The third-order valence-electron chi connectivity index (χ3n) is 1.72. The molecular weight excluding hydrogens is 182 g/mol. The summed E-state index contributed by atoms with van der Waals surface area (Å²) in [7, 11) is 4.29. The van der Waals surface area contributed by atoms with Crippen molar-refractivity contribution in [3.63, 3.8) is 0 Å². The molecule has 0 spiro atoms. The first-order valence-electron chi connectivity index (χ1n) is 3.89. The van der Waals surface area contributed by atoms with Crippen LogP contribution in [0.3, 0.4) is 0 Å². The minimum Gasteiger partial charge on any atom is -0.150 e. The topological polar surface area (TPSA) is 0 Å². The molecule has 0 bridgehead atoms. The van der Waals surface area contributed by atoms with Crippen molar-refractivity contribution >= 4 is 47.9 Å². The first-order valence-corrected chi connectivity index (χ1v) is 5.52. The molecule has 12 heavy (non-hydrogen) atoms. The molecule has 4 heteroatoms. The second kappa shape index (κ2) is 3.11. The molecule has 0 aromatic carbocycles. The van der Waals surface area contributed by atoms with Gasteiger partial charge in [0.1, 0.15) is 0 Å². The standard InChI is InChI=1S/C8H8B2S2/c9-7-3-1-5(11-7)6-2-4-8(10)12-6/h1-4H,9-10H2. The lowest BCUT2D eigenvalue weighted by Gasteiger charge is -1.87. The van der Waals surface area contributed by atoms with E-state index >= 15 is 0 Å². The smallest absolute Gasteiger partial charge is 0.150 e. The van der Waals surface area contributed by atoms with Gasteiger partial charge in [0, 0.05) is 9.75 Å². The summed E-state index contributed by atoms with van der Waals surface area (Å²) >= 11 is 3.73. The van der Waals surface area contributed by atoms with Gasteiger partial charge in [-0.05, 0) is 21.7 Å². The lowest BCUT2D eigenvalue weighted by atomic mass is 10.1. The van der Waals surface area contributed by atoms with Gasteiger partial charge in [-0.3, -0.25) is 0 Å². The van der Waals surface area contributed by atoms with E-state index in [0.29, 0.717) is 0 Å². The van der Waals surface area contributed by atoms with Crippen molar-refractivity contribution in [2.45, 2.75) is 0 Å². The summed E-state index contributed by atoms with van der Waals surface area (Å²) in [6.45, 7) is 0. The lowest BCUT2D eigenvalue weighted by molar-refractivity contribution is 1.95. The average Bonchev–Trinajstić information content (AvgIpc) is 2.58. The zero-order chi connectivity index (χ0) is 8.55. The maximum Gasteiger partial charge on any atom is 0.152 e. The second-order valence-electron chi connectivity index (χ2n) is 2.82. The van der Waals surface area contributed by atoms with Crippen LogP contribution in [0.25, 0.3) is 9.75 Å². The van der Waals surface area contributed by atoms with E-state index in [2.05, 4.69) is 40.0 Å². The molecule has 0 fully saturated rings. The number of rotatable bonds is 1. The molecule has 0 nitrogen and oxygen atoms in total. The Bertz CT molecular complexity index is 351. The summed E-state index contributed by atoms with van der Waals surface area (Å²) < 4.78 is 2.77. The molecule has 0 saturated heterocycles. The quantitative estimate of drug-likeness (QED) is 0.555. The van der Waals surface area contributed by atoms with Crippen LogP contribution in [0.15, 0.2) is 24.3 Å². The molecule has 58 valence electrons. The molecule has 0 unspecified atom stereocenters. The van der Waals surface area contributed by atoms with Crippen molar-refractivity contribution in [1.29, 1.82) is 0 Å². The normalized spacial score (nSPS) is 10.3. The van der Waals surface area contributed by atoms with Gasteiger partial charge in [0.15, 0.2) is 15.7 Å². The molecule has 0 amide bonds. The first kappa shape index (κ1) is 8.14. The van der Waals surface area contributed by atoms with Crippen LogP contribution in [-0.4, -0.2) is 15.7 Å². The number of hydrogen-bond acceptors (Lipinski definition) is 2. The Kier molecular flexibility index (Phi) is 2.11. The third kappa shape index (κ3) is 1.50. The highest BCUT2D eigenvalue weighted by molar-refractivity contribution is 7.28. The molecule has 2 heterocycles. The third-order valence-corrected chi connectivity index (χ3v) is 3.92. The number of thiophene rings is 2. The van der Waals surface area contributed by atoms with Gasteiger partial charge < -0.3 is 0 Å². The Morgan fingerprint density at radius 3 is 1.42 bits per heavy atom. The largest absolute Gasteiger partial charge is 0.152 e. The summed E-state index contributed by atoms with van der Waals surface area (Å²) in [6, 6.07) is 8.75. The van der Waals surface area contributed by atoms with E-state index in [9.17, 15) is 0 Å². The second-order valence-corrected chi connectivity index (χ2v) is 5.40. The molecule has 0 aliphatic carbocycles. The van der Waals surface area contributed by atoms with Crippen molar-refractivity contribution in [2.24, 2.45) is 0 Å². The van der Waals surface area contributed by atoms with Crippen LogP contribution in [0.2, 0.25) is 0 Å². The van der Waals surface area contributed by atoms with E-state index in [-0.39, 0.29) is 0 Å². The van der Waals surface area contributed by atoms with Gasteiger partial charge in [-0.2, -0.15) is 22.7 Å². The highest BCUT2D eigenvalue weighted by Gasteiger charge is 2.01. The monoisotopic (exact) mass is 190 g/mol. The highest BCUT2D eigenvalue weighted by Crippen LogP contribution is 2.25. The van der Waals surface area contributed by atoms with E-state index in [0.717, 1.165) is 0 Å². The van der Waals surface area contributed by atoms with E-state index in [1.165, 1.54) is 19.3 Å². The molecule has 0 radical (unpaired) electrons. The maximum atomic E-state index is 2.20. The van der Waals surface area contributed by atoms with Gasteiger partial charge >= 0.3 is 0 Å². The fraction of sp³-hybridized carbons (Fsp3) is 0. The predicted molar refractivity (Wildman–Crippen MR) is 64.0 cm³/mol. The van der Waals surface area contributed by atoms with Gasteiger partial charge in [-0.25, -0.2) is 0 Å². The minimum absolute atomic E-state index is 1.39. The molecule has 0 saturated carbocycles. The Labute approximate surface area is 82.1 Å². The number of hydrogen-bond donors (Lipinski definition) is 0. The van der Waals surface area contributed by atoms with E-state index in [1.807, 2.05) is 22.7 Å². The summed E-state index contributed by atoms with van der Waals surface area (Å²) in [6.07, 6.45) is 0. The van der Waals surface area contributed by atoms with E-state index < -0.39 is 0 Å². The van der Waals surface area contributed by atoms with Gasteiger partial charge in [0.25, 0.3) is 0 Å². The molecule has 0 aliphatic rings. The molecule has 0 N–H and O–H groups in total. The Morgan fingerprint density at radius 2 is 1.17 bits per heavy atom. The van der Waals surface area contributed by atoms with Crippen LogP contribution < -0.4 is 9.55 Å². The first-order chi connectivity index (χ1) is 5.75. The van der Waals surface area contributed by atoms with Crippen LogP contribution in [0.1, 0.15) is 0 Å². The van der Waals surface area contributed by atoms with Gasteiger partial charge in [-0.15, -0.1) is 0 Å². The van der Waals surface area contributed by atoms with E-state index in [1.54, 1.807) is 0 Å². The molecular formula is C8H8B2S2. The van der Waals surface area contributed by atoms with Gasteiger partial charge in [-0.1, -0.05) is 12.1 Å². The molecule has 0 atom stereocenters. The van der Waals surface area contributed by atoms with Gasteiger partial charge in [0.05, 0.1) is 0 Å². The zero-order valence-corrected chi connectivity index (χ0v) is 8.76. The van der Waals surface area contributed by atoms with Gasteiger partial charge in [0.2, 0.25) is 0 Å². The van der Waals surface area contributed by atoms with Crippen LogP contribution in [0, 0.1) is 0 Å². The fourth-order valence-corrected chi connectivity index (χ4v) is 2.96. The summed E-state index contributed by atoms with van der Waals surface area (Å²) in [5.41, 5.74) is 0. The SMILES string of the molecule is Bc1ccc(-c2ccc(B)s2)s1. The minimum atomic E-state index is 1.39. The highest BCUT2D eigenvalue weighted by atomic mass is 32.1.